The summed E-state index contributed by atoms with van der Waals surface area (Å²) in [5.41, 5.74) is 2.45. The molecule has 1 saturated carbocycles. The first-order valence-corrected chi connectivity index (χ1v) is 15.9. The number of nitrogens with one attached hydrogen (secondary N) is 1. The Hall–Kier alpha value is -3.00. The monoisotopic (exact) mass is 589 g/mol. The molecule has 2 saturated heterocycles. The number of rotatable bonds is 6. The minimum Gasteiger partial charge on any atom is -0.338 e. The van der Waals surface area contributed by atoms with Crippen LogP contribution in [0.15, 0.2) is 66.0 Å². The molecular weight excluding hydrogens is 554 g/mol. The molecule has 3 fully saturated rings. The van der Waals surface area contributed by atoms with Gasteiger partial charge in [-0.1, -0.05) is 72.5 Å². The summed E-state index contributed by atoms with van der Waals surface area (Å²) in [6, 6.07) is 17.8. The first-order valence-electron chi connectivity index (χ1n) is 14.7. The molecule has 3 aliphatic rings. The van der Waals surface area contributed by atoms with Crippen LogP contribution < -0.4 is 5.32 Å². The van der Waals surface area contributed by atoms with Crippen molar-refractivity contribution in [3.8, 4) is 0 Å². The van der Waals surface area contributed by atoms with Crippen LogP contribution in [-0.2, 0) is 9.59 Å². The van der Waals surface area contributed by atoms with Crippen molar-refractivity contribution in [1.29, 1.82) is 0 Å². The number of carbonyl (C=O) groups excluding carboxylic acids is 3. The number of nitrogens with zero attached hydrogens (tertiary/aromatic N) is 2. The van der Waals surface area contributed by atoms with E-state index < -0.39 is 23.9 Å². The number of hydrogen-bond donors (Lipinski definition) is 1. The van der Waals surface area contributed by atoms with Gasteiger partial charge in [-0.05, 0) is 48.9 Å². The molecule has 1 aliphatic carbocycles. The molecule has 2 aliphatic heterocycles. The minimum atomic E-state index is -0.765. The summed E-state index contributed by atoms with van der Waals surface area (Å²) in [6.45, 7) is 4.62. The van der Waals surface area contributed by atoms with Gasteiger partial charge in [0.1, 0.15) is 6.04 Å². The molecule has 214 valence electrons. The van der Waals surface area contributed by atoms with Gasteiger partial charge in [0, 0.05) is 53.5 Å². The highest BCUT2D eigenvalue weighted by Gasteiger charge is 2.59. The van der Waals surface area contributed by atoms with E-state index >= 15 is 0 Å². The Bertz CT molecular complexity index is 1410. The van der Waals surface area contributed by atoms with Crippen molar-refractivity contribution >= 4 is 40.5 Å². The van der Waals surface area contributed by atoms with Gasteiger partial charge in [0.15, 0.2) is 5.78 Å². The Labute approximate surface area is 250 Å². The van der Waals surface area contributed by atoms with E-state index in [2.05, 4.69) is 11.4 Å². The molecule has 8 heteroatoms. The lowest BCUT2D eigenvalue weighted by Crippen LogP contribution is -2.55. The van der Waals surface area contributed by atoms with E-state index in [-0.39, 0.29) is 23.5 Å². The topological polar surface area (TPSA) is 69.7 Å². The van der Waals surface area contributed by atoms with E-state index in [0.717, 1.165) is 41.7 Å². The van der Waals surface area contributed by atoms with E-state index in [1.54, 1.807) is 35.6 Å². The molecule has 6 nitrogen and oxygen atoms in total. The minimum absolute atomic E-state index is 0.00504. The van der Waals surface area contributed by atoms with E-state index in [1.165, 1.54) is 0 Å². The Morgan fingerprint density at radius 2 is 1.68 bits per heavy atom. The molecule has 6 rings (SSSR count). The molecule has 3 heterocycles. The lowest BCUT2D eigenvalue weighted by Gasteiger charge is -2.37. The van der Waals surface area contributed by atoms with Crippen LogP contribution in [0.2, 0.25) is 5.02 Å². The van der Waals surface area contributed by atoms with Gasteiger partial charge >= 0.3 is 0 Å². The standard InChI is InChI=1S/C33H36ClN3O3S/c1-21-7-4-10-23(19-21)29-28(31(38)24-11-5-12-25(34)20-24)27(26-13-6-18-41-26)30(33(40)36-16-14-35-15-17-36)37(29)32(39)22-8-2-3-9-22/h4-7,10-13,18-20,22,27-30,35H,2-3,8-9,14-17H2,1H3. The quantitative estimate of drug-likeness (QED) is 0.365. The van der Waals surface area contributed by atoms with Gasteiger partial charge in [-0.25, -0.2) is 0 Å². The average molecular weight is 590 g/mol. The second kappa shape index (κ2) is 12.1. The van der Waals surface area contributed by atoms with Crippen LogP contribution in [-0.4, -0.2) is 59.6 Å². The first-order chi connectivity index (χ1) is 19.9. The predicted octanol–water partition coefficient (Wildman–Crippen LogP) is 5.87. The van der Waals surface area contributed by atoms with Crippen LogP contribution in [0, 0.1) is 18.8 Å². The van der Waals surface area contributed by atoms with Crippen LogP contribution in [0.4, 0.5) is 0 Å². The summed E-state index contributed by atoms with van der Waals surface area (Å²) in [7, 11) is 0. The molecule has 4 unspecified atom stereocenters. The van der Waals surface area contributed by atoms with Crippen LogP contribution >= 0.6 is 22.9 Å². The van der Waals surface area contributed by atoms with Gasteiger partial charge in [0.2, 0.25) is 11.8 Å². The molecule has 0 spiro atoms. The highest BCUT2D eigenvalue weighted by molar-refractivity contribution is 7.10. The fraction of sp³-hybridized carbons (Fsp3) is 0.424. The smallest absolute Gasteiger partial charge is 0.246 e. The first kappa shape index (κ1) is 28.1. The number of ketones is 1. The molecule has 1 aromatic heterocycles. The van der Waals surface area contributed by atoms with Crippen molar-refractivity contribution in [3.05, 3.63) is 92.6 Å². The summed E-state index contributed by atoms with van der Waals surface area (Å²) in [5.74, 6) is -1.39. The maximum Gasteiger partial charge on any atom is 0.246 e. The number of thiophene rings is 1. The van der Waals surface area contributed by atoms with Gasteiger partial charge < -0.3 is 15.1 Å². The molecule has 0 radical (unpaired) electrons. The summed E-state index contributed by atoms with van der Waals surface area (Å²) in [4.78, 5) is 48.6. The van der Waals surface area contributed by atoms with Crippen molar-refractivity contribution in [1.82, 2.24) is 15.1 Å². The Kier molecular flexibility index (Phi) is 8.29. The number of carbonyl (C=O) groups is 3. The zero-order chi connectivity index (χ0) is 28.5. The maximum absolute atomic E-state index is 14.7. The summed E-state index contributed by atoms with van der Waals surface area (Å²) >= 11 is 7.92. The number of Topliss-reactive ketones (excluding diaryl/α,β-unsaturated/α-hetero) is 1. The molecular formula is C33H36ClN3O3S. The van der Waals surface area contributed by atoms with Gasteiger partial charge in [-0.2, -0.15) is 0 Å². The number of amides is 2. The zero-order valence-corrected chi connectivity index (χ0v) is 24.9. The number of likely N-dealkylation sites (tertiary alicyclic amines) is 1. The molecule has 2 aromatic carbocycles. The van der Waals surface area contributed by atoms with Crippen LogP contribution in [0.5, 0.6) is 0 Å². The molecule has 41 heavy (non-hydrogen) atoms. The van der Waals surface area contributed by atoms with Crippen molar-refractivity contribution < 1.29 is 14.4 Å². The second-order valence-corrected chi connectivity index (χ2v) is 13.0. The maximum atomic E-state index is 14.7. The lowest BCUT2D eigenvalue weighted by molar-refractivity contribution is -0.148. The summed E-state index contributed by atoms with van der Waals surface area (Å²) in [6.07, 6.45) is 3.66. The number of halogens is 1. The van der Waals surface area contributed by atoms with E-state index in [1.807, 2.05) is 52.4 Å². The van der Waals surface area contributed by atoms with Crippen LogP contribution in [0.3, 0.4) is 0 Å². The molecule has 1 N–H and O–H groups in total. The van der Waals surface area contributed by atoms with Crippen LogP contribution in [0.1, 0.15) is 64.0 Å². The van der Waals surface area contributed by atoms with Gasteiger partial charge in [-0.3, -0.25) is 14.4 Å². The number of aryl methyl sites for hydroxylation is 1. The Balaban J connectivity index is 1.57. The SMILES string of the molecule is Cc1cccc(C2C(C(=O)c3cccc(Cl)c3)C(c3cccs3)C(C(=O)N3CCNCC3)N2C(=O)C2CCCC2)c1. The van der Waals surface area contributed by atoms with E-state index in [4.69, 9.17) is 11.6 Å². The Morgan fingerprint density at radius 3 is 2.37 bits per heavy atom. The molecule has 3 aromatic rings. The average Bonchev–Trinajstić information content (AvgIpc) is 3.77. The number of piperazine rings is 1. The second-order valence-electron chi connectivity index (χ2n) is 11.5. The molecule has 2 amide bonds. The highest BCUT2D eigenvalue weighted by Crippen LogP contribution is 2.53. The van der Waals surface area contributed by atoms with Crippen LogP contribution in [0.25, 0.3) is 0 Å². The lowest BCUT2D eigenvalue weighted by atomic mass is 9.78. The number of benzene rings is 2. The summed E-state index contributed by atoms with van der Waals surface area (Å²) < 4.78 is 0. The fourth-order valence-electron chi connectivity index (χ4n) is 7.09. The zero-order valence-electron chi connectivity index (χ0n) is 23.3. The normalized spacial score (nSPS) is 25.0. The number of hydrogen-bond acceptors (Lipinski definition) is 5. The van der Waals surface area contributed by atoms with Crippen molar-refractivity contribution in [2.24, 2.45) is 11.8 Å². The van der Waals surface area contributed by atoms with Gasteiger partial charge in [0.25, 0.3) is 0 Å². The van der Waals surface area contributed by atoms with Crippen molar-refractivity contribution in [2.75, 3.05) is 26.2 Å². The predicted molar refractivity (Wildman–Crippen MR) is 162 cm³/mol. The van der Waals surface area contributed by atoms with Crippen molar-refractivity contribution in [3.63, 3.8) is 0 Å². The third-order valence-corrected chi connectivity index (χ3v) is 10.2. The van der Waals surface area contributed by atoms with E-state index in [9.17, 15) is 14.4 Å². The van der Waals surface area contributed by atoms with E-state index in [0.29, 0.717) is 36.8 Å². The van der Waals surface area contributed by atoms with Crippen molar-refractivity contribution in [2.45, 2.75) is 50.6 Å². The molecule has 4 atom stereocenters. The largest absolute Gasteiger partial charge is 0.338 e. The molecule has 0 bridgehead atoms. The van der Waals surface area contributed by atoms with Gasteiger partial charge in [0.05, 0.1) is 12.0 Å². The fourth-order valence-corrected chi connectivity index (χ4v) is 8.19. The highest BCUT2D eigenvalue weighted by atomic mass is 35.5. The third kappa shape index (κ3) is 5.47. The van der Waals surface area contributed by atoms with Gasteiger partial charge in [-0.15, -0.1) is 11.3 Å². The summed E-state index contributed by atoms with van der Waals surface area (Å²) in [5, 5.41) is 5.81. The third-order valence-electron chi connectivity index (χ3n) is 8.97. The Morgan fingerprint density at radius 1 is 0.927 bits per heavy atom.